The maximum absolute atomic E-state index is 13.4. The van der Waals surface area contributed by atoms with Crippen molar-refractivity contribution in [3.05, 3.63) is 70.9 Å². The monoisotopic (exact) mass is 434 g/mol. The Morgan fingerprint density at radius 1 is 0.900 bits per heavy atom. The summed E-state index contributed by atoms with van der Waals surface area (Å²) in [5.41, 5.74) is 1.40. The second-order valence-electron chi connectivity index (χ2n) is 6.86. The van der Waals surface area contributed by atoms with Gasteiger partial charge in [0.25, 0.3) is 0 Å². The Bertz CT molecular complexity index is 958. The molecule has 158 valence electrons. The van der Waals surface area contributed by atoms with Crippen molar-refractivity contribution < 1.29 is 13.2 Å². The van der Waals surface area contributed by atoms with Gasteiger partial charge in [0.05, 0.1) is 0 Å². The largest absolute Gasteiger partial charge is 0.421 e. The lowest BCUT2D eigenvalue weighted by molar-refractivity contribution is -0.137. The Morgan fingerprint density at radius 2 is 1.53 bits per heavy atom. The highest BCUT2D eigenvalue weighted by Crippen LogP contribution is 2.35. The Morgan fingerprint density at radius 3 is 2.17 bits per heavy atom. The Balaban J connectivity index is 1.79. The van der Waals surface area contributed by atoms with Gasteiger partial charge in [0.15, 0.2) is 0 Å². The average Bonchev–Trinajstić information content (AvgIpc) is 2.70. The van der Waals surface area contributed by atoms with Gasteiger partial charge in [-0.3, -0.25) is 0 Å². The van der Waals surface area contributed by atoms with Crippen molar-refractivity contribution in [3.8, 4) is 0 Å². The quantitative estimate of drug-likeness (QED) is 0.363. The Labute approximate surface area is 178 Å². The second-order valence-corrected chi connectivity index (χ2v) is 7.30. The molecule has 0 fully saturated rings. The van der Waals surface area contributed by atoms with Gasteiger partial charge in [0.1, 0.15) is 11.4 Å². The summed E-state index contributed by atoms with van der Waals surface area (Å²) >= 11 is 5.84. The number of aryl methyl sites for hydroxylation is 1. The molecule has 0 aliphatic carbocycles. The molecule has 0 spiro atoms. The standard InChI is InChI=1S/C22H22ClF3N4/c1-2-3-4-5-15-6-10-18(11-7-15)29-21-27-14-19(22(24,25)26)20(30-21)28-17-12-8-16(23)9-13-17/h6-14H,2-5H2,1H3,(H2,27,28,29,30). The van der Waals surface area contributed by atoms with Crippen LogP contribution in [0, 0.1) is 0 Å². The summed E-state index contributed by atoms with van der Waals surface area (Å²) in [6.45, 7) is 2.16. The highest BCUT2D eigenvalue weighted by molar-refractivity contribution is 6.30. The smallest absolute Gasteiger partial charge is 0.340 e. The first kappa shape index (κ1) is 21.9. The molecule has 0 saturated carbocycles. The first-order valence-corrected chi connectivity index (χ1v) is 10.1. The van der Waals surface area contributed by atoms with Gasteiger partial charge in [0, 0.05) is 22.6 Å². The number of nitrogens with one attached hydrogen (secondary N) is 2. The number of unbranched alkanes of at least 4 members (excludes halogenated alkanes) is 2. The highest BCUT2D eigenvalue weighted by Gasteiger charge is 2.35. The van der Waals surface area contributed by atoms with Gasteiger partial charge in [-0.05, 0) is 54.8 Å². The summed E-state index contributed by atoms with van der Waals surface area (Å²) in [5.74, 6) is -0.267. The summed E-state index contributed by atoms with van der Waals surface area (Å²) in [6.07, 6.45) is 0.658. The number of alkyl halides is 3. The number of aromatic nitrogens is 2. The van der Waals surface area contributed by atoms with Gasteiger partial charge in [0.2, 0.25) is 5.95 Å². The van der Waals surface area contributed by atoms with Crippen molar-refractivity contribution in [1.82, 2.24) is 9.97 Å². The van der Waals surface area contributed by atoms with Crippen LogP contribution in [0.25, 0.3) is 0 Å². The molecule has 2 N–H and O–H groups in total. The maximum Gasteiger partial charge on any atom is 0.421 e. The molecular weight excluding hydrogens is 413 g/mol. The average molecular weight is 435 g/mol. The minimum absolute atomic E-state index is 0.0678. The third-order valence-electron chi connectivity index (χ3n) is 4.48. The van der Waals surface area contributed by atoms with E-state index in [1.54, 1.807) is 24.3 Å². The van der Waals surface area contributed by atoms with Gasteiger partial charge in [-0.25, -0.2) is 4.98 Å². The van der Waals surface area contributed by atoms with E-state index in [0.29, 0.717) is 16.4 Å². The van der Waals surface area contributed by atoms with E-state index in [4.69, 9.17) is 11.6 Å². The van der Waals surface area contributed by atoms with E-state index in [0.717, 1.165) is 25.5 Å². The van der Waals surface area contributed by atoms with Gasteiger partial charge in [-0.15, -0.1) is 0 Å². The van der Waals surface area contributed by atoms with E-state index in [1.807, 2.05) is 24.3 Å². The third kappa shape index (κ3) is 6.10. The van der Waals surface area contributed by atoms with Gasteiger partial charge in [-0.2, -0.15) is 18.2 Å². The topological polar surface area (TPSA) is 49.8 Å². The van der Waals surface area contributed by atoms with E-state index in [1.165, 1.54) is 12.0 Å². The number of rotatable bonds is 8. The van der Waals surface area contributed by atoms with Gasteiger partial charge >= 0.3 is 6.18 Å². The maximum atomic E-state index is 13.4. The SMILES string of the molecule is CCCCCc1ccc(Nc2ncc(C(F)(F)F)c(Nc3ccc(Cl)cc3)n2)cc1. The second kappa shape index (κ2) is 9.80. The molecule has 30 heavy (non-hydrogen) atoms. The Hall–Kier alpha value is -2.80. The van der Waals surface area contributed by atoms with Crippen LogP contribution >= 0.6 is 11.6 Å². The van der Waals surface area contributed by atoms with Crippen LogP contribution < -0.4 is 10.6 Å². The highest BCUT2D eigenvalue weighted by atomic mass is 35.5. The number of hydrogen-bond donors (Lipinski definition) is 2. The molecule has 3 aromatic rings. The van der Waals surface area contributed by atoms with Crippen LogP contribution in [0.5, 0.6) is 0 Å². The lowest BCUT2D eigenvalue weighted by Crippen LogP contribution is -2.12. The molecule has 0 atom stereocenters. The molecule has 8 heteroatoms. The lowest BCUT2D eigenvalue weighted by atomic mass is 10.1. The van der Waals surface area contributed by atoms with E-state index >= 15 is 0 Å². The van der Waals surface area contributed by atoms with Crippen LogP contribution in [-0.4, -0.2) is 9.97 Å². The van der Waals surface area contributed by atoms with Gasteiger partial charge in [-0.1, -0.05) is 43.5 Å². The normalized spacial score (nSPS) is 11.4. The van der Waals surface area contributed by atoms with E-state index in [-0.39, 0.29) is 11.8 Å². The first-order chi connectivity index (χ1) is 14.3. The molecular formula is C22H22ClF3N4. The number of hydrogen-bond acceptors (Lipinski definition) is 4. The number of anilines is 4. The van der Waals surface area contributed by atoms with Crippen molar-refractivity contribution in [2.45, 2.75) is 38.8 Å². The number of halogens is 4. The summed E-state index contributed by atoms with van der Waals surface area (Å²) in [7, 11) is 0. The van der Waals surface area contributed by atoms with Crippen LogP contribution in [0.4, 0.5) is 36.3 Å². The van der Waals surface area contributed by atoms with E-state index in [2.05, 4.69) is 27.5 Å². The molecule has 1 heterocycles. The molecule has 3 rings (SSSR count). The molecule has 0 aliphatic rings. The van der Waals surface area contributed by atoms with Crippen molar-refractivity contribution >= 4 is 34.7 Å². The van der Waals surface area contributed by atoms with Gasteiger partial charge < -0.3 is 10.6 Å². The zero-order valence-corrected chi connectivity index (χ0v) is 17.2. The predicted octanol–water partition coefficient (Wildman–Crippen LogP) is 7.37. The zero-order chi connectivity index (χ0) is 21.6. The van der Waals surface area contributed by atoms with Crippen molar-refractivity contribution in [1.29, 1.82) is 0 Å². The fourth-order valence-electron chi connectivity index (χ4n) is 2.88. The van der Waals surface area contributed by atoms with Crippen molar-refractivity contribution in [3.63, 3.8) is 0 Å². The molecule has 1 aromatic heterocycles. The molecule has 4 nitrogen and oxygen atoms in total. The number of nitrogens with zero attached hydrogens (tertiary/aromatic N) is 2. The summed E-state index contributed by atoms with van der Waals surface area (Å²) in [6, 6.07) is 14.1. The molecule has 0 saturated heterocycles. The molecule has 0 bridgehead atoms. The first-order valence-electron chi connectivity index (χ1n) is 9.68. The summed E-state index contributed by atoms with van der Waals surface area (Å²) < 4.78 is 40.2. The van der Waals surface area contributed by atoms with Crippen molar-refractivity contribution in [2.24, 2.45) is 0 Å². The minimum atomic E-state index is -4.59. The van der Waals surface area contributed by atoms with Crippen LogP contribution in [0.15, 0.2) is 54.7 Å². The van der Waals surface area contributed by atoms with Crippen LogP contribution in [0.1, 0.15) is 37.3 Å². The fourth-order valence-corrected chi connectivity index (χ4v) is 3.00. The minimum Gasteiger partial charge on any atom is -0.340 e. The molecule has 0 unspecified atom stereocenters. The van der Waals surface area contributed by atoms with Crippen LogP contribution in [0.3, 0.4) is 0 Å². The third-order valence-corrected chi connectivity index (χ3v) is 4.73. The zero-order valence-electron chi connectivity index (χ0n) is 16.4. The Kier molecular flexibility index (Phi) is 7.15. The summed E-state index contributed by atoms with van der Waals surface area (Å²) in [5, 5.41) is 6.15. The van der Waals surface area contributed by atoms with Crippen LogP contribution in [0.2, 0.25) is 5.02 Å². The molecule has 0 amide bonds. The van der Waals surface area contributed by atoms with Crippen molar-refractivity contribution in [2.75, 3.05) is 10.6 Å². The lowest BCUT2D eigenvalue weighted by Gasteiger charge is -2.15. The van der Waals surface area contributed by atoms with Crippen LogP contribution in [-0.2, 0) is 12.6 Å². The number of benzene rings is 2. The van der Waals surface area contributed by atoms with E-state index in [9.17, 15) is 13.2 Å². The van der Waals surface area contributed by atoms with E-state index < -0.39 is 11.7 Å². The molecule has 0 radical (unpaired) electrons. The fraction of sp³-hybridized carbons (Fsp3) is 0.273. The molecule has 2 aromatic carbocycles. The summed E-state index contributed by atoms with van der Waals surface area (Å²) in [4.78, 5) is 7.89. The predicted molar refractivity (Wildman–Crippen MR) is 115 cm³/mol. The molecule has 0 aliphatic heterocycles.